The van der Waals surface area contributed by atoms with Crippen LogP contribution in [0.1, 0.15) is 31.7 Å². The van der Waals surface area contributed by atoms with Gasteiger partial charge in [-0.05, 0) is 54.7 Å². The molecule has 0 aliphatic heterocycles. The Morgan fingerprint density at radius 2 is 1.57 bits per heavy atom. The van der Waals surface area contributed by atoms with Gasteiger partial charge >= 0.3 is 0 Å². The van der Waals surface area contributed by atoms with Gasteiger partial charge in [0.1, 0.15) is 5.75 Å². The smallest absolute Gasteiger partial charge is 0.137 e. The summed E-state index contributed by atoms with van der Waals surface area (Å²) >= 11 is 0. The van der Waals surface area contributed by atoms with E-state index in [2.05, 4.69) is 54.4 Å². The normalized spacial score (nSPS) is 10.7. The van der Waals surface area contributed by atoms with Gasteiger partial charge in [0.2, 0.25) is 0 Å². The van der Waals surface area contributed by atoms with Gasteiger partial charge in [-0.3, -0.25) is 4.98 Å². The number of unbranched alkanes of at least 4 members (excludes halogenated alkanes) is 1. The van der Waals surface area contributed by atoms with E-state index in [4.69, 9.17) is 10.00 Å². The van der Waals surface area contributed by atoms with Gasteiger partial charge in [0.25, 0.3) is 0 Å². The van der Waals surface area contributed by atoms with Crippen molar-refractivity contribution in [2.75, 3.05) is 6.61 Å². The van der Waals surface area contributed by atoms with Crippen molar-refractivity contribution < 1.29 is 4.74 Å². The Bertz CT molecular complexity index is 934. The highest BCUT2D eigenvalue weighted by Crippen LogP contribution is 2.25. The van der Waals surface area contributed by atoms with E-state index in [0.29, 0.717) is 12.2 Å². The summed E-state index contributed by atoms with van der Waals surface area (Å²) in [5, 5.41) is 8.90. The zero-order valence-electron chi connectivity index (χ0n) is 16.1. The number of aromatic nitrogens is 1. The maximum absolute atomic E-state index is 8.90. The molecule has 0 saturated heterocycles. The first-order valence-corrected chi connectivity index (χ1v) is 9.65. The van der Waals surface area contributed by atoms with Crippen LogP contribution in [0.15, 0.2) is 79.0 Å². The number of allylic oxidation sites excluding steroid dienone is 2. The number of benzene rings is 2. The van der Waals surface area contributed by atoms with Crippen molar-refractivity contribution in [1.29, 1.82) is 5.26 Å². The molecule has 3 rings (SSSR count). The van der Waals surface area contributed by atoms with Gasteiger partial charge in [-0.1, -0.05) is 55.5 Å². The number of ether oxygens (including phenoxy) is 1. The minimum absolute atomic E-state index is 0.671. The van der Waals surface area contributed by atoms with Gasteiger partial charge in [0.15, 0.2) is 0 Å². The van der Waals surface area contributed by atoms with Gasteiger partial charge in [-0.25, -0.2) is 0 Å². The molecule has 3 nitrogen and oxygen atoms in total. The van der Waals surface area contributed by atoms with Crippen LogP contribution >= 0.6 is 0 Å². The van der Waals surface area contributed by atoms with E-state index < -0.39 is 0 Å². The van der Waals surface area contributed by atoms with Crippen LogP contribution in [0.2, 0.25) is 0 Å². The molecule has 3 heteroatoms. The highest BCUT2D eigenvalue weighted by molar-refractivity contribution is 5.69. The molecule has 0 N–H and O–H groups in total. The van der Waals surface area contributed by atoms with E-state index in [1.165, 1.54) is 0 Å². The Balaban J connectivity index is 1.59. The Hall–Kier alpha value is -3.38. The SMILES string of the molecule is CCC=CCCCOc1ccc(-c2ccc(-c3ccc(C#N)cc3)cc2)nc1. The summed E-state index contributed by atoms with van der Waals surface area (Å²) in [5.41, 5.74) is 4.86. The van der Waals surface area contributed by atoms with Crippen LogP contribution in [-0.4, -0.2) is 11.6 Å². The van der Waals surface area contributed by atoms with E-state index in [1.807, 2.05) is 36.4 Å². The summed E-state index contributed by atoms with van der Waals surface area (Å²) in [7, 11) is 0. The highest BCUT2D eigenvalue weighted by Gasteiger charge is 2.03. The lowest BCUT2D eigenvalue weighted by Gasteiger charge is -2.07. The fourth-order valence-corrected chi connectivity index (χ4v) is 2.88. The van der Waals surface area contributed by atoms with Crippen molar-refractivity contribution in [3.63, 3.8) is 0 Å². The molecule has 1 heterocycles. The first-order valence-electron chi connectivity index (χ1n) is 9.65. The van der Waals surface area contributed by atoms with E-state index >= 15 is 0 Å². The molecular weight excluding hydrogens is 344 g/mol. The van der Waals surface area contributed by atoms with Gasteiger partial charge in [0, 0.05) is 5.56 Å². The molecule has 0 spiro atoms. The second-order valence-electron chi connectivity index (χ2n) is 6.52. The molecule has 140 valence electrons. The molecule has 0 bridgehead atoms. The highest BCUT2D eigenvalue weighted by atomic mass is 16.5. The number of rotatable bonds is 8. The lowest BCUT2D eigenvalue weighted by Crippen LogP contribution is -1.97. The molecule has 0 fully saturated rings. The predicted molar refractivity (Wildman–Crippen MR) is 114 cm³/mol. The number of pyridine rings is 1. The largest absolute Gasteiger partial charge is 0.492 e. The van der Waals surface area contributed by atoms with Crippen molar-refractivity contribution >= 4 is 0 Å². The molecule has 0 amide bonds. The molecule has 0 radical (unpaired) electrons. The Kier molecular flexibility index (Phi) is 6.98. The van der Waals surface area contributed by atoms with Crippen LogP contribution in [-0.2, 0) is 0 Å². The van der Waals surface area contributed by atoms with Crippen molar-refractivity contribution in [2.24, 2.45) is 0 Å². The monoisotopic (exact) mass is 368 g/mol. The molecule has 3 aromatic rings. The van der Waals surface area contributed by atoms with Gasteiger partial charge < -0.3 is 4.74 Å². The number of hydrogen-bond donors (Lipinski definition) is 0. The number of nitriles is 1. The molecule has 1 aromatic heterocycles. The predicted octanol–water partition coefficient (Wildman–Crippen LogP) is 6.41. The van der Waals surface area contributed by atoms with E-state index in [0.717, 1.165) is 47.4 Å². The van der Waals surface area contributed by atoms with Crippen LogP contribution in [0.5, 0.6) is 5.75 Å². The molecule has 2 aromatic carbocycles. The molecule has 0 atom stereocenters. The summed E-state index contributed by atoms with van der Waals surface area (Å²) in [6, 6.07) is 22.0. The Morgan fingerprint density at radius 1 is 0.893 bits per heavy atom. The standard InChI is InChI=1S/C25H24N2O/c1-2-3-4-5-6-17-28-24-15-16-25(27-19-24)23-13-11-22(12-14-23)21-9-7-20(18-26)8-10-21/h3-4,7-16,19H,2,5-6,17H2,1H3. The molecular formula is C25H24N2O. The maximum atomic E-state index is 8.90. The molecule has 28 heavy (non-hydrogen) atoms. The van der Waals surface area contributed by atoms with E-state index in [-0.39, 0.29) is 0 Å². The van der Waals surface area contributed by atoms with Crippen LogP contribution in [0.3, 0.4) is 0 Å². The molecule has 0 unspecified atom stereocenters. The third-order valence-corrected chi connectivity index (χ3v) is 4.45. The van der Waals surface area contributed by atoms with Crippen LogP contribution in [0, 0.1) is 11.3 Å². The van der Waals surface area contributed by atoms with Crippen LogP contribution in [0.4, 0.5) is 0 Å². The number of nitrogens with zero attached hydrogens (tertiary/aromatic N) is 2. The molecule has 0 aliphatic rings. The van der Waals surface area contributed by atoms with E-state index in [1.54, 1.807) is 6.20 Å². The molecule has 0 aliphatic carbocycles. The fourth-order valence-electron chi connectivity index (χ4n) is 2.88. The minimum atomic E-state index is 0.671. The zero-order valence-corrected chi connectivity index (χ0v) is 16.1. The Labute approximate surface area is 167 Å². The summed E-state index contributed by atoms with van der Waals surface area (Å²) in [6.07, 6.45) is 9.31. The lowest BCUT2D eigenvalue weighted by molar-refractivity contribution is 0.311. The summed E-state index contributed by atoms with van der Waals surface area (Å²) in [4.78, 5) is 4.53. The summed E-state index contributed by atoms with van der Waals surface area (Å²) in [6.45, 7) is 2.84. The van der Waals surface area contributed by atoms with Crippen molar-refractivity contribution in [1.82, 2.24) is 4.98 Å². The third-order valence-electron chi connectivity index (χ3n) is 4.45. The van der Waals surface area contributed by atoms with Crippen molar-refractivity contribution in [2.45, 2.75) is 26.2 Å². The number of hydrogen-bond acceptors (Lipinski definition) is 3. The van der Waals surface area contributed by atoms with Gasteiger partial charge in [-0.15, -0.1) is 0 Å². The summed E-state index contributed by atoms with van der Waals surface area (Å²) < 4.78 is 5.75. The average Bonchev–Trinajstić information content (AvgIpc) is 2.77. The van der Waals surface area contributed by atoms with Crippen molar-refractivity contribution in [3.8, 4) is 34.2 Å². The van der Waals surface area contributed by atoms with E-state index in [9.17, 15) is 0 Å². The van der Waals surface area contributed by atoms with Crippen molar-refractivity contribution in [3.05, 3.63) is 84.6 Å². The second-order valence-corrected chi connectivity index (χ2v) is 6.52. The van der Waals surface area contributed by atoms with Crippen LogP contribution in [0.25, 0.3) is 22.4 Å². The second kappa shape index (κ2) is 10.1. The van der Waals surface area contributed by atoms with Gasteiger partial charge in [-0.2, -0.15) is 5.26 Å². The fraction of sp³-hybridized carbons (Fsp3) is 0.200. The Morgan fingerprint density at radius 3 is 2.18 bits per heavy atom. The minimum Gasteiger partial charge on any atom is -0.492 e. The quantitative estimate of drug-likeness (QED) is 0.341. The average molecular weight is 368 g/mol. The maximum Gasteiger partial charge on any atom is 0.137 e. The summed E-state index contributed by atoms with van der Waals surface area (Å²) in [5.74, 6) is 0.803. The first-order chi connectivity index (χ1) is 13.8. The molecule has 0 saturated carbocycles. The van der Waals surface area contributed by atoms with Crippen LogP contribution < -0.4 is 4.74 Å². The third kappa shape index (κ3) is 5.31. The zero-order chi connectivity index (χ0) is 19.6. The first kappa shape index (κ1) is 19.4. The van der Waals surface area contributed by atoms with Gasteiger partial charge in [0.05, 0.1) is 30.1 Å². The topological polar surface area (TPSA) is 45.9 Å². The lowest BCUT2D eigenvalue weighted by atomic mass is 10.0.